The van der Waals surface area contributed by atoms with Gasteiger partial charge in [0.1, 0.15) is 0 Å². The van der Waals surface area contributed by atoms with Crippen molar-refractivity contribution < 1.29 is 9.59 Å². The molecule has 0 aliphatic heterocycles. The first-order valence-corrected chi connectivity index (χ1v) is 7.14. The maximum atomic E-state index is 11.9. The lowest BCUT2D eigenvalue weighted by atomic mass is 10.1. The van der Waals surface area contributed by atoms with E-state index in [0.717, 1.165) is 5.56 Å². The highest BCUT2D eigenvalue weighted by molar-refractivity contribution is 5.97. The summed E-state index contributed by atoms with van der Waals surface area (Å²) in [6, 6.07) is 18.6. The quantitative estimate of drug-likeness (QED) is 0.680. The average Bonchev–Trinajstić information content (AvgIpc) is 2.58. The van der Waals surface area contributed by atoms with Crippen LogP contribution in [0.15, 0.2) is 60.7 Å². The minimum atomic E-state index is -0.161. The molecule has 1 amide bonds. The van der Waals surface area contributed by atoms with E-state index < -0.39 is 0 Å². The number of carbonyl (C=O) groups is 2. The fourth-order valence-electron chi connectivity index (χ4n) is 1.89. The molecule has 22 heavy (non-hydrogen) atoms. The highest BCUT2D eigenvalue weighted by atomic mass is 16.2. The summed E-state index contributed by atoms with van der Waals surface area (Å²) in [4.78, 5) is 23.5. The number of nitrogens with one attached hydrogen (secondary N) is 1. The third kappa shape index (κ3) is 5.26. The zero-order chi connectivity index (χ0) is 15.6. The highest BCUT2D eigenvalue weighted by Crippen LogP contribution is 2.04. The van der Waals surface area contributed by atoms with Gasteiger partial charge in [-0.05, 0) is 12.1 Å². The van der Waals surface area contributed by atoms with Crippen LogP contribution < -0.4 is 5.32 Å². The first-order chi connectivity index (χ1) is 10.8. The predicted molar refractivity (Wildman–Crippen MR) is 86.3 cm³/mol. The molecule has 0 atom stereocenters. The normalized spacial score (nSPS) is 9.45. The van der Waals surface area contributed by atoms with Crippen molar-refractivity contribution in [1.29, 1.82) is 0 Å². The van der Waals surface area contributed by atoms with Crippen molar-refractivity contribution in [3.8, 4) is 11.8 Å². The molecule has 2 aromatic carbocycles. The van der Waals surface area contributed by atoms with Gasteiger partial charge in [-0.3, -0.25) is 9.59 Å². The zero-order valence-corrected chi connectivity index (χ0v) is 12.2. The number of hydrogen-bond donors (Lipinski definition) is 1. The smallest absolute Gasteiger partial charge is 0.221 e. The van der Waals surface area contributed by atoms with Gasteiger partial charge in [-0.2, -0.15) is 0 Å². The molecule has 3 heteroatoms. The molecule has 0 aromatic heterocycles. The van der Waals surface area contributed by atoms with Crippen LogP contribution in [0.5, 0.6) is 0 Å². The first kappa shape index (κ1) is 15.5. The van der Waals surface area contributed by atoms with E-state index in [-0.39, 0.29) is 31.1 Å². The van der Waals surface area contributed by atoms with E-state index in [2.05, 4.69) is 17.2 Å². The van der Waals surface area contributed by atoms with Gasteiger partial charge in [0.05, 0.1) is 6.54 Å². The van der Waals surface area contributed by atoms with E-state index in [1.54, 1.807) is 12.1 Å². The SMILES string of the molecule is O=C(CCC(=O)c1ccccc1)NCC#Cc1ccccc1. The molecule has 0 aliphatic carbocycles. The summed E-state index contributed by atoms with van der Waals surface area (Å²) in [6.07, 6.45) is 0.392. The Bertz CT molecular complexity index is 682. The van der Waals surface area contributed by atoms with Crippen LogP contribution in [0, 0.1) is 11.8 Å². The fraction of sp³-hybridized carbons (Fsp3) is 0.158. The second kappa shape index (κ2) is 8.43. The molecule has 1 N–H and O–H groups in total. The molecule has 0 heterocycles. The number of carbonyl (C=O) groups excluding carboxylic acids is 2. The van der Waals surface area contributed by atoms with Crippen LogP contribution in [0.2, 0.25) is 0 Å². The van der Waals surface area contributed by atoms with Crippen LogP contribution in [0.4, 0.5) is 0 Å². The van der Waals surface area contributed by atoms with Gasteiger partial charge < -0.3 is 5.32 Å². The molecule has 0 fully saturated rings. The van der Waals surface area contributed by atoms with E-state index in [4.69, 9.17) is 0 Å². The Morgan fingerprint density at radius 1 is 0.864 bits per heavy atom. The van der Waals surface area contributed by atoms with Gasteiger partial charge in [0, 0.05) is 24.0 Å². The second-order valence-corrected chi connectivity index (χ2v) is 4.73. The van der Waals surface area contributed by atoms with E-state index >= 15 is 0 Å². The Morgan fingerprint density at radius 2 is 1.50 bits per heavy atom. The third-order valence-corrected chi connectivity index (χ3v) is 3.06. The molecule has 2 rings (SSSR count). The average molecular weight is 291 g/mol. The van der Waals surface area contributed by atoms with Gasteiger partial charge in [-0.1, -0.05) is 60.4 Å². The molecule has 0 saturated heterocycles. The van der Waals surface area contributed by atoms with E-state index in [0.29, 0.717) is 5.56 Å². The predicted octanol–water partition coefficient (Wildman–Crippen LogP) is 2.82. The number of ketones is 1. The molecule has 0 radical (unpaired) electrons. The van der Waals surface area contributed by atoms with Crippen LogP contribution in [0.3, 0.4) is 0 Å². The number of rotatable bonds is 5. The molecule has 110 valence electrons. The van der Waals surface area contributed by atoms with Crippen LogP contribution in [0.1, 0.15) is 28.8 Å². The molecular weight excluding hydrogens is 274 g/mol. The highest BCUT2D eigenvalue weighted by Gasteiger charge is 2.07. The monoisotopic (exact) mass is 291 g/mol. The molecule has 0 unspecified atom stereocenters. The zero-order valence-electron chi connectivity index (χ0n) is 12.2. The topological polar surface area (TPSA) is 46.2 Å². The number of benzene rings is 2. The summed E-state index contributed by atoms with van der Waals surface area (Å²) in [5.74, 6) is 5.66. The van der Waals surface area contributed by atoms with Crippen molar-refractivity contribution in [3.63, 3.8) is 0 Å². The molecule has 0 spiro atoms. The Morgan fingerprint density at radius 3 is 2.18 bits per heavy atom. The van der Waals surface area contributed by atoms with Gasteiger partial charge in [0.15, 0.2) is 5.78 Å². The lowest BCUT2D eigenvalue weighted by Gasteiger charge is -2.01. The minimum absolute atomic E-state index is 0.0221. The van der Waals surface area contributed by atoms with Gasteiger partial charge >= 0.3 is 0 Å². The lowest BCUT2D eigenvalue weighted by Crippen LogP contribution is -2.24. The number of Topliss-reactive ketones (excluding diaryl/α,β-unsaturated/α-hetero) is 1. The Labute approximate surface area is 130 Å². The third-order valence-electron chi connectivity index (χ3n) is 3.06. The summed E-state index contributed by atoms with van der Waals surface area (Å²) in [7, 11) is 0. The summed E-state index contributed by atoms with van der Waals surface area (Å²) in [5, 5.41) is 2.69. The van der Waals surface area contributed by atoms with E-state index in [9.17, 15) is 9.59 Å². The van der Waals surface area contributed by atoms with Crippen LogP contribution in [0.25, 0.3) is 0 Å². The summed E-state index contributed by atoms with van der Waals surface area (Å²) < 4.78 is 0. The van der Waals surface area contributed by atoms with E-state index in [1.165, 1.54) is 0 Å². The summed E-state index contributed by atoms with van der Waals surface area (Å²) in [5.41, 5.74) is 1.55. The molecular formula is C19H17NO2. The van der Waals surface area contributed by atoms with Crippen molar-refractivity contribution in [1.82, 2.24) is 5.32 Å². The maximum Gasteiger partial charge on any atom is 0.221 e. The molecule has 2 aromatic rings. The summed E-state index contributed by atoms with van der Waals surface area (Å²) in [6.45, 7) is 0.285. The Balaban J connectivity index is 1.71. The molecule has 0 saturated carbocycles. The van der Waals surface area contributed by atoms with Crippen molar-refractivity contribution >= 4 is 11.7 Å². The van der Waals surface area contributed by atoms with Crippen molar-refractivity contribution in [2.75, 3.05) is 6.54 Å². The molecule has 0 bridgehead atoms. The summed E-state index contributed by atoms with van der Waals surface area (Å²) >= 11 is 0. The van der Waals surface area contributed by atoms with Crippen LogP contribution in [-0.4, -0.2) is 18.2 Å². The van der Waals surface area contributed by atoms with Gasteiger partial charge in [-0.25, -0.2) is 0 Å². The van der Waals surface area contributed by atoms with Crippen molar-refractivity contribution in [2.24, 2.45) is 0 Å². The largest absolute Gasteiger partial charge is 0.345 e. The molecule has 3 nitrogen and oxygen atoms in total. The second-order valence-electron chi connectivity index (χ2n) is 4.73. The fourth-order valence-corrected chi connectivity index (χ4v) is 1.89. The van der Waals surface area contributed by atoms with Gasteiger partial charge in [0.2, 0.25) is 5.91 Å². The van der Waals surface area contributed by atoms with Crippen molar-refractivity contribution in [2.45, 2.75) is 12.8 Å². The lowest BCUT2D eigenvalue weighted by molar-refractivity contribution is -0.120. The number of amides is 1. The van der Waals surface area contributed by atoms with Gasteiger partial charge in [-0.15, -0.1) is 0 Å². The first-order valence-electron chi connectivity index (χ1n) is 7.14. The number of hydrogen-bond acceptors (Lipinski definition) is 2. The van der Waals surface area contributed by atoms with Crippen LogP contribution >= 0.6 is 0 Å². The minimum Gasteiger partial charge on any atom is -0.345 e. The maximum absolute atomic E-state index is 11.9. The Hall–Kier alpha value is -2.86. The van der Waals surface area contributed by atoms with Crippen molar-refractivity contribution in [3.05, 3.63) is 71.8 Å². The van der Waals surface area contributed by atoms with Crippen LogP contribution in [-0.2, 0) is 4.79 Å². The van der Waals surface area contributed by atoms with Gasteiger partial charge in [0.25, 0.3) is 0 Å². The molecule has 0 aliphatic rings. The Kier molecular flexibility index (Phi) is 5.95. The standard InChI is InChI=1S/C19H17NO2/c21-18(17-11-5-2-6-12-17)13-14-19(22)20-15-7-10-16-8-3-1-4-9-16/h1-6,8-9,11-12H,13-15H2,(H,20,22). The van der Waals surface area contributed by atoms with E-state index in [1.807, 2.05) is 48.5 Å².